The number of benzene rings is 1. The minimum Gasteiger partial charge on any atom is -0.496 e. The largest absolute Gasteiger partial charge is 0.496 e. The van der Waals surface area contributed by atoms with Crippen molar-refractivity contribution in [1.29, 1.82) is 0 Å². The molecule has 4 nitrogen and oxygen atoms in total. The van der Waals surface area contributed by atoms with Crippen LogP contribution in [0.2, 0.25) is 0 Å². The lowest BCUT2D eigenvalue weighted by Gasteiger charge is -2.22. The molecule has 0 N–H and O–H groups in total. The summed E-state index contributed by atoms with van der Waals surface area (Å²) in [6.07, 6.45) is 3.55. The van der Waals surface area contributed by atoms with Crippen LogP contribution in [0.1, 0.15) is 30.4 Å². The summed E-state index contributed by atoms with van der Waals surface area (Å²) < 4.78 is 22.1. The first-order valence-corrected chi connectivity index (χ1v) is 11.9. The molecule has 128 valence electrons. The fourth-order valence-electron chi connectivity index (χ4n) is 2.43. The number of ether oxygens (including phenoxy) is 3. The lowest BCUT2D eigenvalue weighted by Crippen LogP contribution is -2.09. The first kappa shape index (κ1) is 19.1. The second-order valence-corrected chi connectivity index (χ2v) is 7.00. The van der Waals surface area contributed by atoms with Gasteiger partial charge in [0.15, 0.2) is 0 Å². The smallest absolute Gasteiger partial charge is 0.125 e. The minimum absolute atomic E-state index is 0.492. The summed E-state index contributed by atoms with van der Waals surface area (Å²) in [6, 6.07) is 8.30. The molecule has 23 heavy (non-hydrogen) atoms. The van der Waals surface area contributed by atoms with Crippen molar-refractivity contribution in [2.24, 2.45) is 0 Å². The molecule has 1 unspecified atom stereocenters. The molecule has 0 amide bonds. The number of methoxy groups -OCH3 is 1. The SMILES string of the molecule is COC(=C1CCC1)c1ccccc1COCCOCCOPI. The van der Waals surface area contributed by atoms with Crippen molar-refractivity contribution in [3.05, 3.63) is 41.0 Å². The molecule has 1 aliphatic rings. The van der Waals surface area contributed by atoms with Gasteiger partial charge in [-0.1, -0.05) is 24.3 Å². The fraction of sp³-hybridized carbons (Fsp3) is 0.529. The van der Waals surface area contributed by atoms with Crippen molar-refractivity contribution in [1.82, 2.24) is 0 Å². The molecule has 0 aliphatic heterocycles. The zero-order valence-electron chi connectivity index (χ0n) is 13.5. The Labute approximate surface area is 153 Å². The highest BCUT2D eigenvalue weighted by Gasteiger charge is 2.18. The second kappa shape index (κ2) is 11.4. The summed E-state index contributed by atoms with van der Waals surface area (Å²) in [5.41, 5.74) is 3.74. The van der Waals surface area contributed by atoms with Crippen LogP contribution in [-0.4, -0.2) is 33.5 Å². The summed E-state index contributed by atoms with van der Waals surface area (Å²) in [6.45, 7) is 3.51. The van der Waals surface area contributed by atoms with E-state index in [1.807, 2.05) is 12.1 Å². The first-order chi connectivity index (χ1) is 11.4. The number of allylic oxidation sites excluding steroid dienone is 1. The Bertz CT molecular complexity index is 501. The minimum atomic E-state index is 0.492. The third-order valence-electron chi connectivity index (χ3n) is 3.76. The molecule has 0 aromatic heterocycles. The summed E-state index contributed by atoms with van der Waals surface area (Å²) in [5, 5.41) is 0. The lowest BCUT2D eigenvalue weighted by molar-refractivity contribution is 0.0320. The second-order valence-electron chi connectivity index (χ2n) is 5.24. The van der Waals surface area contributed by atoms with Crippen molar-refractivity contribution in [2.45, 2.75) is 25.9 Å². The zero-order valence-corrected chi connectivity index (χ0v) is 16.6. The monoisotopic (exact) mass is 450 g/mol. The van der Waals surface area contributed by atoms with Gasteiger partial charge < -0.3 is 18.7 Å². The van der Waals surface area contributed by atoms with Gasteiger partial charge in [0.2, 0.25) is 0 Å². The number of halogens is 1. The highest BCUT2D eigenvalue weighted by Crippen LogP contribution is 2.35. The molecule has 1 atom stereocenters. The first-order valence-electron chi connectivity index (χ1n) is 7.84. The van der Waals surface area contributed by atoms with Gasteiger partial charge in [-0.2, -0.15) is 0 Å². The van der Waals surface area contributed by atoms with E-state index in [0.717, 1.165) is 29.7 Å². The molecule has 1 saturated carbocycles. The van der Waals surface area contributed by atoms with Gasteiger partial charge in [-0.05, 0) is 52.4 Å². The van der Waals surface area contributed by atoms with Crippen LogP contribution in [0.3, 0.4) is 0 Å². The Morgan fingerprint density at radius 2 is 1.83 bits per heavy atom. The maximum absolute atomic E-state index is 5.75. The molecular formula is C17H24IO4P. The van der Waals surface area contributed by atoms with Crippen molar-refractivity contribution in [2.75, 3.05) is 33.5 Å². The Morgan fingerprint density at radius 1 is 1.09 bits per heavy atom. The van der Waals surface area contributed by atoms with Crippen molar-refractivity contribution < 1.29 is 18.7 Å². The van der Waals surface area contributed by atoms with Crippen LogP contribution in [0.5, 0.6) is 0 Å². The average Bonchev–Trinajstić information content (AvgIpc) is 2.54. The van der Waals surface area contributed by atoms with E-state index >= 15 is 0 Å². The van der Waals surface area contributed by atoms with Gasteiger partial charge in [-0.25, -0.2) is 0 Å². The molecular weight excluding hydrogens is 426 g/mol. The summed E-state index contributed by atoms with van der Waals surface area (Å²) >= 11 is 2.20. The van der Waals surface area contributed by atoms with Gasteiger partial charge in [0, 0.05) is 5.56 Å². The van der Waals surface area contributed by atoms with Crippen molar-refractivity contribution in [3.8, 4) is 0 Å². The normalized spacial score (nSPS) is 14.3. The lowest BCUT2D eigenvalue weighted by atomic mass is 9.88. The van der Waals surface area contributed by atoms with E-state index in [1.54, 1.807) is 7.11 Å². The van der Waals surface area contributed by atoms with Gasteiger partial charge in [0.05, 0.1) is 46.6 Å². The van der Waals surface area contributed by atoms with E-state index in [9.17, 15) is 0 Å². The van der Waals surface area contributed by atoms with E-state index in [0.29, 0.717) is 39.5 Å². The fourth-order valence-corrected chi connectivity index (χ4v) is 3.26. The van der Waals surface area contributed by atoms with Crippen LogP contribution in [0.15, 0.2) is 29.8 Å². The molecule has 1 aromatic rings. The highest BCUT2D eigenvalue weighted by molar-refractivity contribution is 14.2. The molecule has 6 heteroatoms. The van der Waals surface area contributed by atoms with Gasteiger partial charge in [0.25, 0.3) is 0 Å². The van der Waals surface area contributed by atoms with E-state index in [-0.39, 0.29) is 0 Å². The predicted octanol–water partition coefficient (Wildman–Crippen LogP) is 4.72. The Morgan fingerprint density at radius 3 is 2.52 bits per heavy atom. The highest BCUT2D eigenvalue weighted by atomic mass is 127. The molecule has 1 fully saturated rings. The van der Waals surface area contributed by atoms with Crippen LogP contribution < -0.4 is 0 Å². The molecule has 0 bridgehead atoms. The number of hydrogen-bond acceptors (Lipinski definition) is 4. The molecule has 0 heterocycles. The quantitative estimate of drug-likeness (QED) is 0.212. The van der Waals surface area contributed by atoms with Crippen LogP contribution in [0, 0.1) is 0 Å². The third kappa shape index (κ3) is 6.31. The molecule has 1 aromatic carbocycles. The average molecular weight is 450 g/mol. The van der Waals surface area contributed by atoms with Crippen LogP contribution in [0.4, 0.5) is 0 Å². The number of hydrogen-bond donors (Lipinski definition) is 0. The molecule has 0 radical (unpaired) electrons. The molecule has 0 saturated heterocycles. The van der Waals surface area contributed by atoms with Crippen LogP contribution >= 0.6 is 28.5 Å². The van der Waals surface area contributed by atoms with Gasteiger partial charge in [-0.15, -0.1) is 0 Å². The van der Waals surface area contributed by atoms with E-state index < -0.39 is 0 Å². The van der Waals surface area contributed by atoms with Crippen LogP contribution in [0.25, 0.3) is 5.76 Å². The zero-order chi connectivity index (χ0) is 16.3. The van der Waals surface area contributed by atoms with Crippen molar-refractivity contribution >= 4 is 34.3 Å². The Kier molecular flexibility index (Phi) is 9.46. The van der Waals surface area contributed by atoms with Crippen molar-refractivity contribution in [3.63, 3.8) is 0 Å². The third-order valence-corrected chi connectivity index (χ3v) is 5.01. The topological polar surface area (TPSA) is 36.9 Å². The summed E-state index contributed by atoms with van der Waals surface area (Å²) in [5.74, 6) is 1.03. The predicted molar refractivity (Wildman–Crippen MR) is 103 cm³/mol. The van der Waals surface area contributed by atoms with Gasteiger partial charge in [-0.3, -0.25) is 0 Å². The Hall–Kier alpha value is -0.200. The maximum Gasteiger partial charge on any atom is 0.125 e. The molecule has 1 aliphatic carbocycles. The van der Waals surface area contributed by atoms with Gasteiger partial charge in [0.1, 0.15) is 5.76 Å². The summed E-state index contributed by atoms with van der Waals surface area (Å²) in [7, 11) is 1.75. The van der Waals surface area contributed by atoms with E-state index in [1.165, 1.54) is 12.0 Å². The molecule has 0 spiro atoms. The molecule has 2 rings (SSSR count). The van der Waals surface area contributed by atoms with Gasteiger partial charge >= 0.3 is 0 Å². The van der Waals surface area contributed by atoms with Crippen LogP contribution in [-0.2, 0) is 25.3 Å². The van der Waals surface area contributed by atoms with E-state index in [2.05, 4.69) is 34.2 Å². The standard InChI is InChI=1S/C17H24IO4P/c1-19-17(14-6-4-7-14)16-8-3-2-5-15(16)13-21-10-9-20-11-12-22-23-18/h2-3,5,8,23H,4,6-7,9-13H2,1H3. The maximum atomic E-state index is 5.75. The Balaban J connectivity index is 1.79. The summed E-state index contributed by atoms with van der Waals surface area (Å²) in [4.78, 5) is 0. The number of rotatable bonds is 11. The van der Waals surface area contributed by atoms with E-state index in [4.69, 9.17) is 18.7 Å².